The van der Waals surface area contributed by atoms with E-state index in [4.69, 9.17) is 5.73 Å². The van der Waals surface area contributed by atoms with Crippen LogP contribution in [0, 0.1) is 6.92 Å². The summed E-state index contributed by atoms with van der Waals surface area (Å²) in [5, 5.41) is 0. The van der Waals surface area contributed by atoms with E-state index in [0.717, 1.165) is 49.1 Å². The number of para-hydroxylation sites is 2. The predicted octanol–water partition coefficient (Wildman–Crippen LogP) is 1.69. The minimum absolute atomic E-state index is 0.816. The first-order valence-electron chi connectivity index (χ1n) is 6.87. The van der Waals surface area contributed by atoms with E-state index in [9.17, 15) is 0 Å². The Hall–Kier alpha value is -2.30. The van der Waals surface area contributed by atoms with Gasteiger partial charge in [0.1, 0.15) is 0 Å². The molecule has 0 bridgehead atoms. The summed E-state index contributed by atoms with van der Waals surface area (Å²) in [7, 11) is 0. The Kier molecular flexibility index (Phi) is 3.41. The topological polar surface area (TPSA) is 58.3 Å². The van der Waals surface area contributed by atoms with Gasteiger partial charge >= 0.3 is 0 Å². The van der Waals surface area contributed by atoms with E-state index < -0.39 is 0 Å². The first kappa shape index (κ1) is 12.7. The van der Waals surface area contributed by atoms with Crippen LogP contribution in [0.2, 0.25) is 0 Å². The van der Waals surface area contributed by atoms with Gasteiger partial charge in [0.05, 0.1) is 11.4 Å². The Morgan fingerprint density at radius 1 is 0.950 bits per heavy atom. The summed E-state index contributed by atoms with van der Waals surface area (Å²) in [5.74, 6) is 0.816. The van der Waals surface area contributed by atoms with Gasteiger partial charge in [-0.05, 0) is 24.6 Å². The third-order valence-electron chi connectivity index (χ3n) is 3.61. The van der Waals surface area contributed by atoms with Crippen LogP contribution < -0.4 is 15.5 Å². The highest BCUT2D eigenvalue weighted by atomic mass is 15.3. The number of benzene rings is 1. The number of piperazine rings is 1. The molecule has 5 nitrogen and oxygen atoms in total. The van der Waals surface area contributed by atoms with Crippen LogP contribution in [0.3, 0.4) is 0 Å². The van der Waals surface area contributed by atoms with Crippen molar-refractivity contribution >= 4 is 17.3 Å². The normalized spacial score (nSPS) is 15.4. The molecule has 0 amide bonds. The van der Waals surface area contributed by atoms with E-state index in [1.807, 2.05) is 37.5 Å². The van der Waals surface area contributed by atoms with E-state index in [0.29, 0.717) is 0 Å². The van der Waals surface area contributed by atoms with Gasteiger partial charge in [-0.3, -0.25) is 0 Å². The van der Waals surface area contributed by atoms with Crippen LogP contribution in [0.1, 0.15) is 5.56 Å². The molecule has 2 aromatic rings. The van der Waals surface area contributed by atoms with Crippen LogP contribution in [-0.2, 0) is 0 Å². The lowest BCUT2D eigenvalue weighted by atomic mass is 10.2. The summed E-state index contributed by atoms with van der Waals surface area (Å²) in [6, 6.07) is 8.02. The third kappa shape index (κ3) is 2.52. The fourth-order valence-corrected chi connectivity index (χ4v) is 2.47. The molecule has 1 aromatic carbocycles. The van der Waals surface area contributed by atoms with Crippen LogP contribution in [0.5, 0.6) is 0 Å². The van der Waals surface area contributed by atoms with E-state index in [1.54, 1.807) is 0 Å². The second-order valence-electron chi connectivity index (χ2n) is 5.09. The second kappa shape index (κ2) is 5.36. The summed E-state index contributed by atoms with van der Waals surface area (Å²) in [6.07, 6.45) is 3.73. The molecule has 1 fully saturated rings. The molecule has 1 aliphatic heterocycles. The number of nitrogens with zero attached hydrogens (tertiary/aromatic N) is 4. The van der Waals surface area contributed by atoms with Gasteiger partial charge in [-0.25, -0.2) is 9.97 Å². The zero-order chi connectivity index (χ0) is 13.9. The molecule has 0 spiro atoms. The molecule has 1 aliphatic rings. The average molecular weight is 269 g/mol. The SMILES string of the molecule is Cc1cnc(N2CCN(c3ccccc3N)CC2)nc1. The molecular formula is C15H19N5. The standard InChI is InChI=1S/C15H19N5/c1-12-10-17-15(18-11-12)20-8-6-19(7-9-20)14-5-3-2-4-13(14)16/h2-5,10-11H,6-9,16H2,1H3. The Bertz CT molecular complexity index is 573. The second-order valence-corrected chi connectivity index (χ2v) is 5.09. The summed E-state index contributed by atoms with van der Waals surface area (Å²) in [6.45, 7) is 5.70. The van der Waals surface area contributed by atoms with Crippen molar-refractivity contribution in [3.8, 4) is 0 Å². The Morgan fingerprint density at radius 2 is 1.55 bits per heavy atom. The van der Waals surface area contributed by atoms with Crippen molar-refractivity contribution in [3.05, 3.63) is 42.2 Å². The first-order chi connectivity index (χ1) is 9.74. The van der Waals surface area contributed by atoms with Crippen LogP contribution in [0.4, 0.5) is 17.3 Å². The van der Waals surface area contributed by atoms with Gasteiger partial charge in [0.2, 0.25) is 5.95 Å². The molecule has 0 aliphatic carbocycles. The van der Waals surface area contributed by atoms with E-state index >= 15 is 0 Å². The maximum atomic E-state index is 6.03. The third-order valence-corrected chi connectivity index (χ3v) is 3.61. The van der Waals surface area contributed by atoms with Crippen molar-refractivity contribution in [2.24, 2.45) is 0 Å². The highest BCUT2D eigenvalue weighted by molar-refractivity contribution is 5.67. The fraction of sp³-hybridized carbons (Fsp3) is 0.333. The van der Waals surface area contributed by atoms with Gasteiger partial charge in [-0.1, -0.05) is 12.1 Å². The monoisotopic (exact) mass is 269 g/mol. The van der Waals surface area contributed by atoms with E-state index in [-0.39, 0.29) is 0 Å². The minimum Gasteiger partial charge on any atom is -0.397 e. The van der Waals surface area contributed by atoms with Gasteiger partial charge < -0.3 is 15.5 Å². The number of hydrogen-bond donors (Lipinski definition) is 1. The highest BCUT2D eigenvalue weighted by Gasteiger charge is 2.19. The molecule has 0 atom stereocenters. The molecule has 3 rings (SSSR count). The molecule has 1 saturated heterocycles. The fourth-order valence-electron chi connectivity index (χ4n) is 2.47. The summed E-state index contributed by atoms with van der Waals surface area (Å²) in [4.78, 5) is 13.3. The molecule has 2 heterocycles. The number of nitrogens with two attached hydrogens (primary N) is 1. The number of aryl methyl sites for hydroxylation is 1. The number of anilines is 3. The van der Waals surface area contributed by atoms with Gasteiger partial charge in [0.15, 0.2) is 0 Å². The van der Waals surface area contributed by atoms with Crippen molar-refractivity contribution < 1.29 is 0 Å². The van der Waals surface area contributed by atoms with Crippen LogP contribution in [0.25, 0.3) is 0 Å². The maximum absolute atomic E-state index is 6.03. The van der Waals surface area contributed by atoms with Crippen molar-refractivity contribution in [1.82, 2.24) is 9.97 Å². The number of rotatable bonds is 2. The van der Waals surface area contributed by atoms with Crippen LogP contribution in [-0.4, -0.2) is 36.1 Å². The summed E-state index contributed by atoms with van der Waals surface area (Å²) < 4.78 is 0. The van der Waals surface area contributed by atoms with Crippen molar-refractivity contribution in [2.45, 2.75) is 6.92 Å². The molecule has 0 unspecified atom stereocenters. The summed E-state index contributed by atoms with van der Waals surface area (Å²) >= 11 is 0. The maximum Gasteiger partial charge on any atom is 0.225 e. The average Bonchev–Trinajstić information content (AvgIpc) is 2.49. The molecule has 5 heteroatoms. The lowest BCUT2D eigenvalue weighted by Crippen LogP contribution is -2.47. The van der Waals surface area contributed by atoms with Crippen LogP contribution >= 0.6 is 0 Å². The Morgan fingerprint density at radius 3 is 2.20 bits per heavy atom. The number of nitrogen functional groups attached to an aromatic ring is 1. The Labute approximate surface area is 119 Å². The smallest absolute Gasteiger partial charge is 0.225 e. The Balaban J connectivity index is 1.68. The van der Waals surface area contributed by atoms with E-state index in [1.165, 1.54) is 0 Å². The quantitative estimate of drug-likeness (QED) is 0.841. The molecular weight excluding hydrogens is 250 g/mol. The number of aromatic nitrogens is 2. The minimum atomic E-state index is 0.816. The summed E-state index contributed by atoms with van der Waals surface area (Å²) in [5.41, 5.74) is 9.08. The molecule has 0 saturated carbocycles. The van der Waals surface area contributed by atoms with Gasteiger partial charge in [-0.15, -0.1) is 0 Å². The lowest BCUT2D eigenvalue weighted by Gasteiger charge is -2.36. The van der Waals surface area contributed by atoms with Crippen molar-refractivity contribution in [1.29, 1.82) is 0 Å². The zero-order valence-electron chi connectivity index (χ0n) is 11.7. The largest absolute Gasteiger partial charge is 0.397 e. The predicted molar refractivity (Wildman–Crippen MR) is 82.0 cm³/mol. The van der Waals surface area contributed by atoms with Gasteiger partial charge in [0.25, 0.3) is 0 Å². The molecule has 0 radical (unpaired) electrons. The lowest BCUT2D eigenvalue weighted by molar-refractivity contribution is 0.640. The van der Waals surface area contributed by atoms with Gasteiger partial charge in [0, 0.05) is 38.6 Å². The van der Waals surface area contributed by atoms with E-state index in [2.05, 4.69) is 25.8 Å². The molecule has 1 aromatic heterocycles. The first-order valence-corrected chi connectivity index (χ1v) is 6.87. The van der Waals surface area contributed by atoms with Gasteiger partial charge in [-0.2, -0.15) is 0 Å². The number of hydrogen-bond acceptors (Lipinski definition) is 5. The molecule has 104 valence electrons. The van der Waals surface area contributed by atoms with Crippen LogP contribution in [0.15, 0.2) is 36.7 Å². The zero-order valence-corrected chi connectivity index (χ0v) is 11.7. The molecule has 2 N–H and O–H groups in total. The van der Waals surface area contributed by atoms with Crippen molar-refractivity contribution in [2.75, 3.05) is 41.7 Å². The highest BCUT2D eigenvalue weighted by Crippen LogP contribution is 2.24. The molecule has 20 heavy (non-hydrogen) atoms. The van der Waals surface area contributed by atoms with Crippen molar-refractivity contribution in [3.63, 3.8) is 0 Å².